The quantitative estimate of drug-likeness (QED) is 0.840. The lowest BCUT2D eigenvalue weighted by atomic mass is 9.97. The fourth-order valence-corrected chi connectivity index (χ4v) is 3.73. The first-order chi connectivity index (χ1) is 10.0. The van der Waals surface area contributed by atoms with Crippen LogP contribution in [0.25, 0.3) is 0 Å². The summed E-state index contributed by atoms with van der Waals surface area (Å²) in [6, 6.07) is 6.81. The van der Waals surface area contributed by atoms with Gasteiger partial charge in [-0.05, 0) is 62.7 Å². The molecule has 6 heteroatoms. The molecule has 2 N–H and O–H groups in total. The van der Waals surface area contributed by atoms with Gasteiger partial charge in [0, 0.05) is 19.3 Å². The first kappa shape index (κ1) is 16.3. The van der Waals surface area contributed by atoms with Crippen molar-refractivity contribution in [2.45, 2.75) is 24.7 Å². The summed E-state index contributed by atoms with van der Waals surface area (Å²) in [5.41, 5.74) is 0.904. The smallest absolute Gasteiger partial charge is 0.240 e. The maximum absolute atomic E-state index is 12.3. The standard InChI is InChI=1S/C15H25N3O2S/c1-3-18-10-8-13(9-11-18)12-17-21(19,20)15-6-4-14(16-2)5-7-15/h4-7,13,16-17H,3,8-12H2,1-2H3. The van der Waals surface area contributed by atoms with E-state index in [1.54, 1.807) is 24.3 Å². The Hall–Kier alpha value is -1.11. The first-order valence-corrected chi connectivity index (χ1v) is 9.03. The van der Waals surface area contributed by atoms with Crippen LogP contribution in [0.5, 0.6) is 0 Å². The van der Waals surface area contributed by atoms with E-state index in [9.17, 15) is 8.42 Å². The average molecular weight is 311 g/mol. The van der Waals surface area contributed by atoms with Crippen LogP contribution in [-0.2, 0) is 10.0 Å². The molecule has 1 aliphatic rings. The summed E-state index contributed by atoms with van der Waals surface area (Å²) < 4.78 is 27.3. The molecule has 0 unspecified atom stereocenters. The highest BCUT2D eigenvalue weighted by atomic mass is 32.2. The van der Waals surface area contributed by atoms with Crippen LogP contribution in [0.4, 0.5) is 5.69 Å². The minimum Gasteiger partial charge on any atom is -0.388 e. The second kappa shape index (κ2) is 7.24. The summed E-state index contributed by atoms with van der Waals surface area (Å²) in [4.78, 5) is 2.73. The van der Waals surface area contributed by atoms with Crippen molar-refractivity contribution in [1.82, 2.24) is 9.62 Å². The molecule has 0 spiro atoms. The van der Waals surface area contributed by atoms with Gasteiger partial charge in [0.15, 0.2) is 0 Å². The molecule has 0 aliphatic carbocycles. The molecule has 0 amide bonds. The molecule has 0 atom stereocenters. The Morgan fingerprint density at radius 3 is 2.33 bits per heavy atom. The molecule has 1 heterocycles. The molecule has 0 aromatic heterocycles. The van der Waals surface area contributed by atoms with E-state index in [2.05, 4.69) is 21.9 Å². The fourth-order valence-electron chi connectivity index (χ4n) is 2.62. The third-order valence-corrected chi connectivity index (χ3v) is 5.61. The zero-order valence-electron chi connectivity index (χ0n) is 12.8. The minimum atomic E-state index is -3.40. The van der Waals surface area contributed by atoms with Gasteiger partial charge in [-0.15, -0.1) is 0 Å². The van der Waals surface area contributed by atoms with Gasteiger partial charge in [-0.1, -0.05) is 6.92 Å². The second-order valence-corrected chi connectivity index (χ2v) is 7.27. The van der Waals surface area contributed by atoms with Crippen molar-refractivity contribution in [3.8, 4) is 0 Å². The molecule has 5 nitrogen and oxygen atoms in total. The Labute approximate surface area is 127 Å². The third kappa shape index (κ3) is 4.43. The number of hydrogen-bond acceptors (Lipinski definition) is 4. The van der Waals surface area contributed by atoms with Gasteiger partial charge >= 0.3 is 0 Å². The molecule has 2 rings (SSSR count). The normalized spacial score (nSPS) is 17.8. The van der Waals surface area contributed by atoms with Crippen LogP contribution in [0.15, 0.2) is 29.2 Å². The highest BCUT2D eigenvalue weighted by Gasteiger charge is 2.21. The molecule has 1 aliphatic heterocycles. The van der Waals surface area contributed by atoms with Crippen molar-refractivity contribution >= 4 is 15.7 Å². The van der Waals surface area contributed by atoms with Crippen molar-refractivity contribution in [3.63, 3.8) is 0 Å². The SMILES string of the molecule is CCN1CCC(CNS(=O)(=O)c2ccc(NC)cc2)CC1. The van der Waals surface area contributed by atoms with Crippen LogP contribution < -0.4 is 10.0 Å². The molecule has 21 heavy (non-hydrogen) atoms. The van der Waals surface area contributed by atoms with Crippen LogP contribution in [0.2, 0.25) is 0 Å². The topological polar surface area (TPSA) is 61.4 Å². The highest BCUT2D eigenvalue weighted by Crippen LogP contribution is 2.18. The maximum Gasteiger partial charge on any atom is 0.240 e. The Morgan fingerprint density at radius 1 is 1.19 bits per heavy atom. The number of hydrogen-bond donors (Lipinski definition) is 2. The van der Waals surface area contributed by atoms with Gasteiger partial charge in [0.1, 0.15) is 0 Å². The Balaban J connectivity index is 1.89. The van der Waals surface area contributed by atoms with E-state index in [1.165, 1.54) is 0 Å². The molecule has 118 valence electrons. The number of anilines is 1. The largest absolute Gasteiger partial charge is 0.388 e. The van der Waals surface area contributed by atoms with Crippen molar-refractivity contribution in [2.75, 3.05) is 38.5 Å². The van der Waals surface area contributed by atoms with E-state index in [1.807, 2.05) is 7.05 Å². The van der Waals surface area contributed by atoms with Crippen LogP contribution >= 0.6 is 0 Å². The lowest BCUT2D eigenvalue weighted by Gasteiger charge is -2.30. The van der Waals surface area contributed by atoms with Gasteiger partial charge < -0.3 is 10.2 Å². The summed E-state index contributed by atoms with van der Waals surface area (Å²) in [6.07, 6.45) is 2.13. The van der Waals surface area contributed by atoms with Crippen molar-refractivity contribution in [3.05, 3.63) is 24.3 Å². The summed E-state index contributed by atoms with van der Waals surface area (Å²) in [5, 5.41) is 2.98. The summed E-state index contributed by atoms with van der Waals surface area (Å²) in [5.74, 6) is 0.444. The molecular formula is C15H25N3O2S. The number of benzene rings is 1. The number of rotatable bonds is 6. The second-order valence-electron chi connectivity index (χ2n) is 5.50. The average Bonchev–Trinajstić information content (AvgIpc) is 2.53. The van der Waals surface area contributed by atoms with E-state index in [-0.39, 0.29) is 0 Å². The molecule has 1 fully saturated rings. The van der Waals surface area contributed by atoms with Crippen LogP contribution in [0.3, 0.4) is 0 Å². The van der Waals surface area contributed by atoms with Crippen LogP contribution in [0, 0.1) is 5.92 Å². The monoisotopic (exact) mass is 311 g/mol. The predicted molar refractivity (Wildman–Crippen MR) is 86.0 cm³/mol. The van der Waals surface area contributed by atoms with Gasteiger partial charge in [-0.25, -0.2) is 13.1 Å². The highest BCUT2D eigenvalue weighted by molar-refractivity contribution is 7.89. The number of likely N-dealkylation sites (tertiary alicyclic amines) is 1. The van der Waals surface area contributed by atoms with Gasteiger partial charge in [0.25, 0.3) is 0 Å². The van der Waals surface area contributed by atoms with Gasteiger partial charge in [0.05, 0.1) is 4.90 Å². The van der Waals surface area contributed by atoms with E-state index < -0.39 is 10.0 Å². The lowest BCUT2D eigenvalue weighted by Crippen LogP contribution is -2.38. The minimum absolute atomic E-state index is 0.326. The molecule has 1 aromatic rings. The third-order valence-electron chi connectivity index (χ3n) is 4.17. The fraction of sp³-hybridized carbons (Fsp3) is 0.600. The van der Waals surface area contributed by atoms with Crippen LogP contribution in [-0.4, -0.2) is 46.5 Å². The van der Waals surface area contributed by atoms with Gasteiger partial charge in [-0.3, -0.25) is 0 Å². The molecule has 0 saturated carbocycles. The van der Waals surface area contributed by atoms with Crippen molar-refractivity contribution in [1.29, 1.82) is 0 Å². The lowest BCUT2D eigenvalue weighted by molar-refractivity contribution is 0.194. The molecule has 1 aromatic carbocycles. The number of sulfonamides is 1. The summed E-state index contributed by atoms with van der Waals surface area (Å²) in [7, 11) is -1.59. The maximum atomic E-state index is 12.3. The Bertz CT molecular complexity index is 535. The van der Waals surface area contributed by atoms with E-state index in [0.717, 1.165) is 38.2 Å². The van der Waals surface area contributed by atoms with Crippen molar-refractivity contribution < 1.29 is 8.42 Å². The summed E-state index contributed by atoms with van der Waals surface area (Å²) >= 11 is 0. The first-order valence-electron chi connectivity index (χ1n) is 7.55. The van der Waals surface area contributed by atoms with Crippen molar-refractivity contribution in [2.24, 2.45) is 5.92 Å². The van der Waals surface area contributed by atoms with E-state index >= 15 is 0 Å². The number of nitrogens with one attached hydrogen (secondary N) is 2. The molecule has 0 bridgehead atoms. The number of nitrogens with zero attached hydrogens (tertiary/aromatic N) is 1. The predicted octanol–water partition coefficient (Wildman–Crippen LogP) is 1.74. The summed E-state index contributed by atoms with van der Waals surface area (Å²) in [6.45, 7) is 5.92. The molecular weight excluding hydrogens is 286 g/mol. The van der Waals surface area contributed by atoms with Gasteiger partial charge in [0.2, 0.25) is 10.0 Å². The van der Waals surface area contributed by atoms with E-state index in [4.69, 9.17) is 0 Å². The van der Waals surface area contributed by atoms with Crippen LogP contribution in [0.1, 0.15) is 19.8 Å². The Morgan fingerprint density at radius 2 is 1.81 bits per heavy atom. The zero-order valence-corrected chi connectivity index (χ0v) is 13.6. The molecule has 1 saturated heterocycles. The zero-order chi connectivity index (χ0) is 15.3. The molecule has 0 radical (unpaired) electrons. The van der Waals surface area contributed by atoms with Gasteiger partial charge in [-0.2, -0.15) is 0 Å². The number of piperidine rings is 1. The Kier molecular flexibility index (Phi) is 5.61. The van der Waals surface area contributed by atoms with E-state index in [0.29, 0.717) is 17.4 Å².